The minimum absolute atomic E-state index is 0.00463. The van der Waals surface area contributed by atoms with Crippen molar-refractivity contribution >= 4 is 5.91 Å². The van der Waals surface area contributed by atoms with Crippen molar-refractivity contribution < 1.29 is 9.90 Å². The molecule has 1 aliphatic carbocycles. The molecule has 0 radical (unpaired) electrons. The molecular formula is C15H23N3O2. The zero-order valence-electron chi connectivity index (χ0n) is 12.1. The predicted octanol–water partition coefficient (Wildman–Crippen LogP) is 1.52. The number of nitrogens with zero attached hydrogens (tertiary/aromatic N) is 2. The second kappa shape index (κ2) is 5.56. The quantitative estimate of drug-likeness (QED) is 0.861. The largest absolute Gasteiger partial charge is 0.394 e. The van der Waals surface area contributed by atoms with Gasteiger partial charge in [0, 0.05) is 17.8 Å². The summed E-state index contributed by atoms with van der Waals surface area (Å²) in [5.41, 5.74) is 2.83. The van der Waals surface area contributed by atoms with E-state index in [0.29, 0.717) is 11.6 Å². The second-order valence-electron chi connectivity index (χ2n) is 6.10. The third-order valence-corrected chi connectivity index (χ3v) is 4.82. The Bertz CT molecular complexity index is 497. The smallest absolute Gasteiger partial charge is 0.274 e. The third kappa shape index (κ3) is 2.24. The van der Waals surface area contributed by atoms with Crippen molar-refractivity contribution in [1.29, 1.82) is 0 Å². The molecule has 5 nitrogen and oxygen atoms in total. The highest BCUT2D eigenvalue weighted by Gasteiger charge is 2.34. The number of hydrogen-bond donors (Lipinski definition) is 2. The number of aromatic amines is 1. The van der Waals surface area contributed by atoms with Crippen molar-refractivity contribution in [1.82, 2.24) is 15.1 Å². The minimum Gasteiger partial charge on any atom is -0.394 e. The molecule has 110 valence electrons. The molecule has 1 fully saturated rings. The fourth-order valence-electron chi connectivity index (χ4n) is 3.57. The monoisotopic (exact) mass is 277 g/mol. The SMILES string of the molecule is CC1CCCN(C(=O)c2n[nH]c3c2CCCC3)C1CO. The summed E-state index contributed by atoms with van der Waals surface area (Å²) < 4.78 is 0. The van der Waals surface area contributed by atoms with Crippen LogP contribution < -0.4 is 0 Å². The molecule has 3 rings (SSSR count). The summed E-state index contributed by atoms with van der Waals surface area (Å²) in [4.78, 5) is 14.6. The highest BCUT2D eigenvalue weighted by Crippen LogP contribution is 2.27. The molecule has 1 aromatic rings. The normalized spacial score (nSPS) is 26.4. The molecule has 0 saturated carbocycles. The zero-order chi connectivity index (χ0) is 14.1. The van der Waals surface area contributed by atoms with E-state index in [0.717, 1.165) is 49.9 Å². The second-order valence-corrected chi connectivity index (χ2v) is 6.10. The van der Waals surface area contributed by atoms with Gasteiger partial charge in [0.1, 0.15) is 0 Å². The van der Waals surface area contributed by atoms with E-state index < -0.39 is 0 Å². The van der Waals surface area contributed by atoms with Crippen molar-refractivity contribution in [3.63, 3.8) is 0 Å². The number of carbonyl (C=O) groups is 1. The number of likely N-dealkylation sites (tertiary alicyclic amines) is 1. The van der Waals surface area contributed by atoms with E-state index in [1.54, 1.807) is 0 Å². The van der Waals surface area contributed by atoms with Crippen LogP contribution in [0.2, 0.25) is 0 Å². The number of piperidine rings is 1. The van der Waals surface area contributed by atoms with E-state index in [1.165, 1.54) is 6.42 Å². The van der Waals surface area contributed by atoms with E-state index in [1.807, 2.05) is 4.90 Å². The Morgan fingerprint density at radius 2 is 2.20 bits per heavy atom. The highest BCUT2D eigenvalue weighted by atomic mass is 16.3. The molecule has 2 heterocycles. The number of H-pyrrole nitrogens is 1. The lowest BCUT2D eigenvalue weighted by Gasteiger charge is -2.38. The van der Waals surface area contributed by atoms with Crippen molar-refractivity contribution in [3.05, 3.63) is 17.0 Å². The molecule has 0 spiro atoms. The number of aryl methyl sites for hydroxylation is 1. The van der Waals surface area contributed by atoms with Crippen LogP contribution in [0.4, 0.5) is 0 Å². The van der Waals surface area contributed by atoms with Crippen molar-refractivity contribution in [2.45, 2.75) is 51.5 Å². The summed E-state index contributed by atoms with van der Waals surface area (Å²) in [6.45, 7) is 2.88. The molecule has 0 bridgehead atoms. The lowest BCUT2D eigenvalue weighted by atomic mass is 9.90. The molecule has 2 unspecified atom stereocenters. The van der Waals surface area contributed by atoms with E-state index in [2.05, 4.69) is 17.1 Å². The first kappa shape index (κ1) is 13.6. The van der Waals surface area contributed by atoms with Gasteiger partial charge in [0.2, 0.25) is 0 Å². The van der Waals surface area contributed by atoms with Gasteiger partial charge in [0.15, 0.2) is 5.69 Å². The number of rotatable bonds is 2. The fraction of sp³-hybridized carbons (Fsp3) is 0.733. The molecule has 20 heavy (non-hydrogen) atoms. The van der Waals surface area contributed by atoms with E-state index in [-0.39, 0.29) is 18.6 Å². The van der Waals surface area contributed by atoms with Crippen LogP contribution in [0.25, 0.3) is 0 Å². The number of carbonyl (C=O) groups excluding carboxylic acids is 1. The van der Waals surface area contributed by atoms with E-state index in [9.17, 15) is 9.90 Å². The van der Waals surface area contributed by atoms with Crippen LogP contribution in [-0.2, 0) is 12.8 Å². The molecule has 2 atom stereocenters. The number of aliphatic hydroxyl groups excluding tert-OH is 1. The van der Waals surface area contributed by atoms with Gasteiger partial charge in [-0.25, -0.2) is 0 Å². The van der Waals surface area contributed by atoms with Gasteiger partial charge in [-0.1, -0.05) is 6.92 Å². The Balaban J connectivity index is 1.86. The number of fused-ring (bicyclic) bond motifs is 1. The summed E-state index contributed by atoms with van der Waals surface area (Å²) in [6.07, 6.45) is 6.33. The Labute approximate surface area is 119 Å². The molecular weight excluding hydrogens is 254 g/mol. The van der Waals surface area contributed by atoms with Crippen LogP contribution in [0.3, 0.4) is 0 Å². The first-order chi connectivity index (χ1) is 9.72. The minimum atomic E-state index is -0.0628. The van der Waals surface area contributed by atoms with Crippen LogP contribution in [-0.4, -0.2) is 45.3 Å². The van der Waals surface area contributed by atoms with Crippen LogP contribution in [0.15, 0.2) is 0 Å². The van der Waals surface area contributed by atoms with Gasteiger partial charge in [0.25, 0.3) is 5.91 Å². The summed E-state index contributed by atoms with van der Waals surface area (Å²) in [7, 11) is 0. The zero-order valence-corrected chi connectivity index (χ0v) is 12.1. The Morgan fingerprint density at radius 1 is 1.40 bits per heavy atom. The van der Waals surface area contributed by atoms with Gasteiger partial charge in [-0.2, -0.15) is 5.10 Å². The summed E-state index contributed by atoms with van der Waals surface area (Å²) in [5, 5.41) is 16.9. The average molecular weight is 277 g/mol. The van der Waals surface area contributed by atoms with Crippen LogP contribution in [0.1, 0.15) is 54.4 Å². The Morgan fingerprint density at radius 3 is 3.00 bits per heavy atom. The maximum absolute atomic E-state index is 12.8. The van der Waals surface area contributed by atoms with Gasteiger partial charge in [-0.05, 0) is 44.4 Å². The molecule has 1 aromatic heterocycles. The first-order valence-corrected chi connectivity index (χ1v) is 7.70. The molecule has 5 heteroatoms. The predicted molar refractivity (Wildman–Crippen MR) is 75.5 cm³/mol. The van der Waals surface area contributed by atoms with Gasteiger partial charge in [-0.3, -0.25) is 9.89 Å². The number of amides is 1. The Hall–Kier alpha value is -1.36. The van der Waals surface area contributed by atoms with Crippen LogP contribution in [0.5, 0.6) is 0 Å². The fourth-order valence-corrected chi connectivity index (χ4v) is 3.57. The summed E-state index contributed by atoms with van der Waals surface area (Å²) in [5.74, 6) is 0.350. The van der Waals surface area contributed by atoms with Gasteiger partial charge >= 0.3 is 0 Å². The first-order valence-electron chi connectivity index (χ1n) is 7.70. The molecule has 2 aliphatic rings. The molecule has 2 N–H and O–H groups in total. The molecule has 1 aliphatic heterocycles. The van der Waals surface area contributed by atoms with Gasteiger partial charge in [0.05, 0.1) is 12.6 Å². The lowest BCUT2D eigenvalue weighted by molar-refractivity contribution is 0.0352. The summed E-state index contributed by atoms with van der Waals surface area (Å²) in [6, 6.07) is -0.0628. The number of aliphatic hydroxyl groups is 1. The molecule has 0 aromatic carbocycles. The number of aromatic nitrogens is 2. The van der Waals surface area contributed by atoms with Gasteiger partial charge in [-0.15, -0.1) is 0 Å². The van der Waals surface area contributed by atoms with E-state index >= 15 is 0 Å². The van der Waals surface area contributed by atoms with Crippen molar-refractivity contribution in [2.75, 3.05) is 13.2 Å². The number of hydrogen-bond acceptors (Lipinski definition) is 3. The van der Waals surface area contributed by atoms with Crippen LogP contribution in [0, 0.1) is 5.92 Å². The average Bonchev–Trinajstić information content (AvgIpc) is 2.90. The maximum Gasteiger partial charge on any atom is 0.274 e. The third-order valence-electron chi connectivity index (χ3n) is 4.82. The number of nitrogens with one attached hydrogen (secondary N) is 1. The highest BCUT2D eigenvalue weighted by molar-refractivity contribution is 5.94. The van der Waals surface area contributed by atoms with Crippen molar-refractivity contribution in [3.8, 4) is 0 Å². The van der Waals surface area contributed by atoms with Gasteiger partial charge < -0.3 is 10.0 Å². The van der Waals surface area contributed by atoms with Crippen LogP contribution >= 0.6 is 0 Å². The maximum atomic E-state index is 12.8. The van der Waals surface area contributed by atoms with Crippen molar-refractivity contribution in [2.24, 2.45) is 5.92 Å². The molecule has 1 saturated heterocycles. The Kier molecular flexibility index (Phi) is 3.78. The molecule has 1 amide bonds. The standard InChI is InChI=1S/C15H23N3O2/c1-10-5-4-8-18(13(10)9-19)15(20)14-11-6-2-3-7-12(11)16-17-14/h10,13,19H,2-9H2,1H3,(H,16,17). The van der Waals surface area contributed by atoms with E-state index in [4.69, 9.17) is 0 Å². The summed E-state index contributed by atoms with van der Waals surface area (Å²) >= 11 is 0. The topological polar surface area (TPSA) is 69.2 Å². The lowest BCUT2D eigenvalue weighted by Crippen LogP contribution is -2.50.